The molecule has 1 aliphatic rings. The summed E-state index contributed by atoms with van der Waals surface area (Å²) in [6.07, 6.45) is -0.966. The minimum absolute atomic E-state index is 0.00345. The van der Waals surface area contributed by atoms with Gasteiger partial charge in [0.25, 0.3) is 10.1 Å². The summed E-state index contributed by atoms with van der Waals surface area (Å²) in [5.41, 5.74) is 4.12. The number of amides is 1. The zero-order valence-electron chi connectivity index (χ0n) is 14.0. The van der Waals surface area contributed by atoms with Crippen LogP contribution in [-0.4, -0.2) is 48.5 Å². The molecule has 2 aromatic rings. The van der Waals surface area contributed by atoms with Crippen LogP contribution in [0.4, 0.5) is 4.79 Å². The molecule has 0 radical (unpaired) electrons. The molecule has 1 aliphatic carbocycles. The van der Waals surface area contributed by atoms with E-state index in [1.165, 1.54) is 0 Å². The first-order chi connectivity index (χ1) is 12.8. The van der Waals surface area contributed by atoms with Crippen LogP contribution in [0, 0.1) is 0 Å². The van der Waals surface area contributed by atoms with E-state index < -0.39 is 34.0 Å². The predicted molar refractivity (Wildman–Crippen MR) is 96.0 cm³/mol. The molecule has 1 atom stereocenters. The van der Waals surface area contributed by atoms with Gasteiger partial charge in [-0.05, 0) is 22.3 Å². The molecular formula is C18H17NO7S. The molecule has 3 rings (SSSR count). The monoisotopic (exact) mass is 391 g/mol. The maximum atomic E-state index is 11.9. The number of hydrogen-bond acceptors (Lipinski definition) is 5. The van der Waals surface area contributed by atoms with Crippen molar-refractivity contribution in [1.29, 1.82) is 0 Å². The highest BCUT2D eigenvalue weighted by atomic mass is 32.2. The molecule has 0 aromatic heterocycles. The molecular weight excluding hydrogens is 374 g/mol. The summed E-state index contributed by atoms with van der Waals surface area (Å²) in [6, 6.07) is 15.5. The van der Waals surface area contributed by atoms with Crippen LogP contribution in [0.1, 0.15) is 17.0 Å². The van der Waals surface area contributed by atoms with Crippen LogP contribution in [0.5, 0.6) is 0 Å². The number of carboxylic acid groups (broad SMARTS) is 1. The Morgan fingerprint density at radius 3 is 2.04 bits per heavy atom. The maximum Gasteiger partial charge on any atom is 0.407 e. The highest BCUT2D eigenvalue weighted by molar-refractivity contribution is 7.87. The number of carbonyl (C=O) groups excluding carboxylic acids is 1. The van der Waals surface area contributed by atoms with Crippen LogP contribution in [-0.2, 0) is 19.6 Å². The van der Waals surface area contributed by atoms with Gasteiger partial charge in [0.1, 0.15) is 6.61 Å². The third kappa shape index (κ3) is 3.93. The van der Waals surface area contributed by atoms with Crippen molar-refractivity contribution in [3.05, 3.63) is 59.7 Å². The maximum absolute atomic E-state index is 11.9. The van der Waals surface area contributed by atoms with Gasteiger partial charge in [0.15, 0.2) is 0 Å². The number of carbonyl (C=O) groups is 2. The predicted octanol–water partition coefficient (Wildman–Crippen LogP) is 1.87. The molecule has 2 aromatic carbocycles. The van der Waals surface area contributed by atoms with Crippen LogP contribution >= 0.6 is 0 Å². The fraction of sp³-hybridized carbons (Fsp3) is 0.222. The van der Waals surface area contributed by atoms with Gasteiger partial charge in [-0.15, -0.1) is 0 Å². The molecule has 0 heterocycles. The van der Waals surface area contributed by atoms with Crippen molar-refractivity contribution < 1.29 is 32.4 Å². The summed E-state index contributed by atoms with van der Waals surface area (Å²) >= 11 is 0. The Kier molecular flexibility index (Phi) is 5.15. The van der Waals surface area contributed by atoms with Crippen molar-refractivity contribution in [2.24, 2.45) is 0 Å². The van der Waals surface area contributed by atoms with Crippen LogP contribution in [0.3, 0.4) is 0 Å². The number of nitrogens with one attached hydrogen (secondary N) is 1. The largest absolute Gasteiger partial charge is 0.480 e. The Bertz CT molecular complexity index is 941. The molecule has 0 saturated heterocycles. The number of rotatable bonds is 6. The molecule has 27 heavy (non-hydrogen) atoms. The number of benzene rings is 2. The first-order valence-electron chi connectivity index (χ1n) is 8.07. The van der Waals surface area contributed by atoms with E-state index in [4.69, 9.17) is 14.4 Å². The molecule has 0 saturated carbocycles. The topological polar surface area (TPSA) is 130 Å². The fourth-order valence-corrected chi connectivity index (χ4v) is 3.69. The number of carboxylic acids is 1. The van der Waals surface area contributed by atoms with Gasteiger partial charge in [-0.2, -0.15) is 8.42 Å². The molecule has 3 N–H and O–H groups in total. The van der Waals surface area contributed by atoms with Crippen LogP contribution in [0.25, 0.3) is 11.1 Å². The second-order valence-corrected chi connectivity index (χ2v) is 7.65. The number of hydrogen-bond donors (Lipinski definition) is 3. The average Bonchev–Trinajstić information content (AvgIpc) is 2.93. The zero-order valence-corrected chi connectivity index (χ0v) is 14.8. The van der Waals surface area contributed by atoms with Gasteiger partial charge in [-0.1, -0.05) is 48.5 Å². The quantitative estimate of drug-likeness (QED) is 0.641. The van der Waals surface area contributed by atoms with Crippen LogP contribution < -0.4 is 5.32 Å². The Morgan fingerprint density at radius 1 is 1.04 bits per heavy atom. The lowest BCUT2D eigenvalue weighted by molar-refractivity contribution is -0.136. The van der Waals surface area contributed by atoms with Gasteiger partial charge in [-0.25, -0.2) is 4.79 Å². The van der Waals surface area contributed by atoms with E-state index in [2.05, 4.69) is 5.32 Å². The van der Waals surface area contributed by atoms with E-state index in [9.17, 15) is 18.0 Å². The van der Waals surface area contributed by atoms with Gasteiger partial charge in [0, 0.05) is 5.92 Å². The normalized spacial score (nSPS) is 14.1. The van der Waals surface area contributed by atoms with Gasteiger partial charge in [0.05, 0.1) is 6.54 Å². The molecule has 0 fully saturated rings. The molecule has 142 valence electrons. The summed E-state index contributed by atoms with van der Waals surface area (Å²) < 4.78 is 36.1. The highest BCUT2D eigenvalue weighted by Gasteiger charge is 2.32. The summed E-state index contributed by atoms with van der Waals surface area (Å²) in [5, 5.41) is 8.72. The Labute approximate surface area is 155 Å². The van der Waals surface area contributed by atoms with Crippen LogP contribution in [0.2, 0.25) is 0 Å². The summed E-state index contributed by atoms with van der Waals surface area (Å²) in [5.74, 6) is -1.95. The van der Waals surface area contributed by atoms with Gasteiger partial charge < -0.3 is 15.2 Å². The minimum atomic E-state index is -4.84. The summed E-state index contributed by atoms with van der Waals surface area (Å²) in [6.45, 7) is -0.797. The first kappa shape index (κ1) is 18.9. The van der Waals surface area contributed by atoms with E-state index in [0.717, 1.165) is 22.3 Å². The lowest BCUT2D eigenvalue weighted by Crippen LogP contribution is -2.41. The third-order valence-electron chi connectivity index (χ3n) is 4.41. The van der Waals surface area contributed by atoms with Crippen molar-refractivity contribution in [3.8, 4) is 11.1 Å². The van der Waals surface area contributed by atoms with Crippen molar-refractivity contribution in [1.82, 2.24) is 5.32 Å². The molecule has 0 aliphatic heterocycles. The number of ether oxygens (including phenoxy) is 1. The van der Waals surface area contributed by atoms with Crippen LogP contribution in [0.15, 0.2) is 48.5 Å². The SMILES string of the molecule is O=C(NCC(C(=O)O)S(=O)(=O)O)OCC1c2ccccc2-c2ccccc21. The van der Waals surface area contributed by atoms with Crippen molar-refractivity contribution in [3.63, 3.8) is 0 Å². The molecule has 0 bridgehead atoms. The van der Waals surface area contributed by atoms with E-state index in [1.54, 1.807) is 0 Å². The average molecular weight is 391 g/mol. The van der Waals surface area contributed by atoms with E-state index >= 15 is 0 Å². The molecule has 1 unspecified atom stereocenters. The second kappa shape index (κ2) is 7.37. The van der Waals surface area contributed by atoms with Gasteiger partial charge in [-0.3, -0.25) is 9.35 Å². The number of alkyl carbamates (subject to hydrolysis) is 1. The summed E-state index contributed by atoms with van der Waals surface area (Å²) in [4.78, 5) is 22.7. The fourth-order valence-electron chi connectivity index (χ4n) is 3.15. The Morgan fingerprint density at radius 2 is 1.56 bits per heavy atom. The highest BCUT2D eigenvalue weighted by Crippen LogP contribution is 2.44. The van der Waals surface area contributed by atoms with E-state index in [1.807, 2.05) is 48.5 Å². The second-order valence-electron chi connectivity index (χ2n) is 6.05. The lowest BCUT2D eigenvalue weighted by atomic mass is 9.98. The van der Waals surface area contributed by atoms with Crippen molar-refractivity contribution >= 4 is 22.2 Å². The lowest BCUT2D eigenvalue weighted by Gasteiger charge is -2.15. The molecule has 0 spiro atoms. The molecule has 8 nitrogen and oxygen atoms in total. The number of aliphatic carboxylic acids is 1. The zero-order chi connectivity index (χ0) is 19.6. The summed E-state index contributed by atoms with van der Waals surface area (Å²) in [7, 11) is -4.84. The standard InChI is InChI=1S/C18H17NO7S/c20-17(21)16(27(23,24)25)9-19-18(22)26-10-15-13-7-3-1-5-11(13)12-6-2-4-8-14(12)15/h1-8,15-16H,9-10H2,(H,19,22)(H,20,21)(H,23,24,25). The van der Waals surface area contributed by atoms with E-state index in [0.29, 0.717) is 0 Å². The Balaban J connectivity index is 1.67. The van der Waals surface area contributed by atoms with E-state index in [-0.39, 0.29) is 12.5 Å². The van der Waals surface area contributed by atoms with Crippen molar-refractivity contribution in [2.45, 2.75) is 11.2 Å². The molecule has 9 heteroatoms. The number of fused-ring (bicyclic) bond motifs is 3. The first-order valence-corrected chi connectivity index (χ1v) is 9.57. The Hall–Kier alpha value is -2.91. The van der Waals surface area contributed by atoms with Crippen molar-refractivity contribution in [2.75, 3.05) is 13.2 Å². The third-order valence-corrected chi connectivity index (χ3v) is 5.50. The minimum Gasteiger partial charge on any atom is -0.480 e. The van der Waals surface area contributed by atoms with Gasteiger partial charge in [0.2, 0.25) is 5.25 Å². The van der Waals surface area contributed by atoms with Gasteiger partial charge >= 0.3 is 12.1 Å². The smallest absolute Gasteiger partial charge is 0.407 e. The molecule has 1 amide bonds.